The molecule has 0 radical (unpaired) electrons. The number of halogens is 1. The fraction of sp³-hybridized carbons (Fsp3) is 0.133. The summed E-state index contributed by atoms with van der Waals surface area (Å²) in [6.45, 7) is 1.98. The predicted octanol–water partition coefficient (Wildman–Crippen LogP) is 4.38. The first kappa shape index (κ1) is 14.2. The third-order valence-corrected chi connectivity index (χ3v) is 4.51. The topological polar surface area (TPSA) is 50.7 Å². The monoisotopic (exact) mass is 360 g/mol. The quantitative estimate of drug-likeness (QED) is 0.752. The lowest BCUT2D eigenvalue weighted by molar-refractivity contribution is 1.13. The van der Waals surface area contributed by atoms with E-state index >= 15 is 0 Å². The van der Waals surface area contributed by atoms with E-state index in [1.165, 1.54) is 0 Å². The van der Waals surface area contributed by atoms with Gasteiger partial charge in [-0.1, -0.05) is 30.3 Å². The molecule has 0 aliphatic rings. The molecule has 0 atom stereocenters. The van der Waals surface area contributed by atoms with E-state index in [1.807, 2.05) is 49.7 Å². The van der Waals surface area contributed by atoms with E-state index in [-0.39, 0.29) is 0 Å². The predicted molar refractivity (Wildman–Crippen MR) is 90.6 cm³/mol. The zero-order valence-corrected chi connectivity index (χ0v) is 14.0. The van der Waals surface area contributed by atoms with E-state index < -0.39 is 0 Å². The fourth-order valence-electron chi connectivity index (χ4n) is 1.98. The smallest absolute Gasteiger partial charge is 0.181 e. The van der Waals surface area contributed by atoms with Crippen LogP contribution < -0.4 is 5.32 Å². The molecule has 0 unspecified atom stereocenters. The van der Waals surface area contributed by atoms with E-state index in [9.17, 15) is 0 Å². The average molecular weight is 361 g/mol. The molecule has 0 aliphatic carbocycles. The molecule has 0 aliphatic heterocycles. The summed E-state index contributed by atoms with van der Waals surface area (Å²) in [5, 5.41) is 6.08. The molecular formula is C15H13BrN4S. The van der Waals surface area contributed by atoms with Crippen LogP contribution in [0.4, 0.5) is 5.82 Å². The normalized spacial score (nSPS) is 10.6. The highest BCUT2D eigenvalue weighted by atomic mass is 79.9. The Morgan fingerprint density at radius 1 is 1.10 bits per heavy atom. The van der Waals surface area contributed by atoms with Gasteiger partial charge in [0.05, 0.1) is 15.2 Å². The van der Waals surface area contributed by atoms with Crippen LogP contribution in [-0.2, 0) is 0 Å². The summed E-state index contributed by atoms with van der Waals surface area (Å²) in [5.74, 6) is 1.38. The maximum atomic E-state index is 4.68. The summed E-state index contributed by atoms with van der Waals surface area (Å²) < 4.78 is 0.854. The van der Waals surface area contributed by atoms with Crippen LogP contribution in [0.15, 0.2) is 40.2 Å². The fourth-order valence-corrected chi connectivity index (χ4v) is 3.18. The first-order chi connectivity index (χ1) is 10.2. The van der Waals surface area contributed by atoms with E-state index in [2.05, 4.69) is 36.2 Å². The highest BCUT2D eigenvalue weighted by molar-refractivity contribution is 9.10. The van der Waals surface area contributed by atoms with Crippen LogP contribution in [0.1, 0.15) is 5.01 Å². The van der Waals surface area contributed by atoms with Crippen molar-refractivity contribution < 1.29 is 0 Å². The Morgan fingerprint density at radius 2 is 1.86 bits per heavy atom. The highest BCUT2D eigenvalue weighted by Crippen LogP contribution is 2.33. The van der Waals surface area contributed by atoms with Crippen LogP contribution in [-0.4, -0.2) is 22.0 Å². The number of hydrogen-bond donors (Lipinski definition) is 1. The molecule has 21 heavy (non-hydrogen) atoms. The zero-order valence-electron chi connectivity index (χ0n) is 11.6. The van der Waals surface area contributed by atoms with Gasteiger partial charge in [0.15, 0.2) is 5.82 Å². The molecule has 1 aromatic carbocycles. The third-order valence-electron chi connectivity index (χ3n) is 2.98. The summed E-state index contributed by atoms with van der Waals surface area (Å²) in [4.78, 5) is 13.7. The Labute approximate surface area is 135 Å². The summed E-state index contributed by atoms with van der Waals surface area (Å²) in [6, 6.07) is 10.0. The summed E-state index contributed by atoms with van der Waals surface area (Å²) in [6.07, 6.45) is 0. The lowest BCUT2D eigenvalue weighted by Gasteiger charge is -2.10. The molecule has 106 valence electrons. The second-order valence-corrected chi connectivity index (χ2v) is 6.28. The maximum absolute atomic E-state index is 4.68. The minimum atomic E-state index is 0.630. The number of nitrogens with zero attached hydrogens (tertiary/aromatic N) is 3. The Balaban J connectivity index is 2.20. The number of aromatic nitrogens is 3. The van der Waals surface area contributed by atoms with Crippen molar-refractivity contribution >= 4 is 33.1 Å². The highest BCUT2D eigenvalue weighted by Gasteiger charge is 2.15. The van der Waals surface area contributed by atoms with Gasteiger partial charge < -0.3 is 5.32 Å². The summed E-state index contributed by atoms with van der Waals surface area (Å²) in [5.41, 5.74) is 2.70. The van der Waals surface area contributed by atoms with Gasteiger partial charge in [0, 0.05) is 18.0 Å². The van der Waals surface area contributed by atoms with Gasteiger partial charge in [-0.3, -0.25) is 0 Å². The maximum Gasteiger partial charge on any atom is 0.181 e. The largest absolute Gasteiger partial charge is 0.372 e. The molecule has 0 saturated heterocycles. The minimum Gasteiger partial charge on any atom is -0.372 e. The number of aryl methyl sites for hydroxylation is 1. The second-order valence-electron chi connectivity index (χ2n) is 4.43. The molecule has 0 saturated carbocycles. The van der Waals surface area contributed by atoms with Crippen molar-refractivity contribution in [3.8, 4) is 22.8 Å². The first-order valence-electron chi connectivity index (χ1n) is 6.42. The van der Waals surface area contributed by atoms with E-state index in [4.69, 9.17) is 0 Å². The van der Waals surface area contributed by atoms with Gasteiger partial charge in [0.2, 0.25) is 0 Å². The second kappa shape index (κ2) is 5.91. The molecule has 1 N–H and O–H groups in total. The van der Waals surface area contributed by atoms with Crippen LogP contribution >= 0.6 is 27.3 Å². The number of thiazole rings is 1. The van der Waals surface area contributed by atoms with Crippen LogP contribution in [0.5, 0.6) is 0 Å². The van der Waals surface area contributed by atoms with Gasteiger partial charge in [-0.05, 0) is 22.9 Å². The average Bonchev–Trinajstić information content (AvgIpc) is 2.95. The Bertz CT molecular complexity index is 771. The standard InChI is InChI=1S/C15H13BrN4S/c1-9-18-11(8-21-9)14-19-13(10-6-4-3-5-7-10)12(16)15(17-2)20-14/h3-8H,1-2H3,(H,17,19,20). The van der Waals surface area contributed by atoms with Gasteiger partial charge in [0.25, 0.3) is 0 Å². The lowest BCUT2D eigenvalue weighted by Crippen LogP contribution is -2.01. The molecule has 0 bridgehead atoms. The molecule has 0 spiro atoms. The number of anilines is 1. The Kier molecular flexibility index (Phi) is 3.98. The molecule has 2 heterocycles. The van der Waals surface area contributed by atoms with Crippen molar-refractivity contribution in [2.24, 2.45) is 0 Å². The number of benzene rings is 1. The van der Waals surface area contributed by atoms with Crippen molar-refractivity contribution in [1.29, 1.82) is 0 Å². The van der Waals surface area contributed by atoms with Crippen molar-refractivity contribution in [3.63, 3.8) is 0 Å². The van der Waals surface area contributed by atoms with Crippen molar-refractivity contribution in [1.82, 2.24) is 15.0 Å². The van der Waals surface area contributed by atoms with Crippen molar-refractivity contribution in [2.45, 2.75) is 6.92 Å². The molecule has 2 aromatic heterocycles. The molecule has 4 nitrogen and oxygen atoms in total. The molecule has 0 amide bonds. The number of rotatable bonds is 3. The van der Waals surface area contributed by atoms with E-state index in [0.29, 0.717) is 5.82 Å². The number of hydrogen-bond acceptors (Lipinski definition) is 5. The molecule has 6 heteroatoms. The SMILES string of the molecule is CNc1nc(-c2csc(C)n2)nc(-c2ccccc2)c1Br. The van der Waals surface area contributed by atoms with Crippen LogP contribution in [0.2, 0.25) is 0 Å². The van der Waals surface area contributed by atoms with Gasteiger partial charge >= 0.3 is 0 Å². The number of nitrogens with one attached hydrogen (secondary N) is 1. The van der Waals surface area contributed by atoms with Gasteiger partial charge in [-0.15, -0.1) is 11.3 Å². The minimum absolute atomic E-state index is 0.630. The van der Waals surface area contributed by atoms with Crippen molar-refractivity contribution in [3.05, 3.63) is 45.2 Å². The zero-order chi connectivity index (χ0) is 14.8. The van der Waals surface area contributed by atoms with Crippen molar-refractivity contribution in [2.75, 3.05) is 12.4 Å². The molecule has 3 rings (SSSR count). The summed E-state index contributed by atoms with van der Waals surface area (Å²) in [7, 11) is 1.85. The molecular weight excluding hydrogens is 348 g/mol. The van der Waals surface area contributed by atoms with Gasteiger partial charge in [0.1, 0.15) is 11.5 Å². The van der Waals surface area contributed by atoms with Crippen LogP contribution in [0, 0.1) is 6.92 Å². The van der Waals surface area contributed by atoms with E-state index in [0.717, 1.165) is 32.2 Å². The van der Waals surface area contributed by atoms with Gasteiger partial charge in [-0.25, -0.2) is 15.0 Å². The molecule has 0 fully saturated rings. The Morgan fingerprint density at radius 3 is 2.48 bits per heavy atom. The first-order valence-corrected chi connectivity index (χ1v) is 8.09. The molecule has 3 aromatic rings. The third kappa shape index (κ3) is 2.82. The van der Waals surface area contributed by atoms with Crippen LogP contribution in [0.3, 0.4) is 0 Å². The summed E-state index contributed by atoms with van der Waals surface area (Å²) >= 11 is 5.18. The van der Waals surface area contributed by atoms with E-state index in [1.54, 1.807) is 11.3 Å². The van der Waals surface area contributed by atoms with Gasteiger partial charge in [-0.2, -0.15) is 0 Å². The Hall–Kier alpha value is -1.79. The van der Waals surface area contributed by atoms with Crippen LogP contribution in [0.25, 0.3) is 22.8 Å². The lowest BCUT2D eigenvalue weighted by atomic mass is 10.1.